The first-order valence-corrected chi connectivity index (χ1v) is 8.85. The number of fused-ring (bicyclic) bond motifs is 5. The Morgan fingerprint density at radius 1 is 1.09 bits per heavy atom. The summed E-state index contributed by atoms with van der Waals surface area (Å²) in [6, 6.07) is 0. The largest absolute Gasteiger partial charge is 0.393 e. The van der Waals surface area contributed by atoms with E-state index < -0.39 is 0 Å². The van der Waals surface area contributed by atoms with Crippen LogP contribution in [0.2, 0.25) is 0 Å². The van der Waals surface area contributed by atoms with E-state index in [4.69, 9.17) is 0 Å². The Morgan fingerprint density at radius 2 is 1.86 bits per heavy atom. The highest BCUT2D eigenvalue weighted by atomic mass is 16.3. The molecule has 0 heterocycles. The number of carbonyl (C=O) groups is 2. The van der Waals surface area contributed by atoms with Crippen LogP contribution < -0.4 is 0 Å². The minimum atomic E-state index is -0.266. The van der Waals surface area contributed by atoms with Gasteiger partial charge < -0.3 is 5.11 Å². The van der Waals surface area contributed by atoms with Crippen molar-refractivity contribution in [3.05, 3.63) is 11.6 Å². The Kier molecular flexibility index (Phi) is 3.01. The van der Waals surface area contributed by atoms with Gasteiger partial charge in [0.1, 0.15) is 0 Å². The van der Waals surface area contributed by atoms with Crippen LogP contribution in [-0.4, -0.2) is 22.8 Å². The van der Waals surface area contributed by atoms with E-state index in [1.54, 1.807) is 6.08 Å². The van der Waals surface area contributed by atoms with Crippen LogP contribution in [0.5, 0.6) is 0 Å². The van der Waals surface area contributed by atoms with Crippen molar-refractivity contribution in [3.63, 3.8) is 0 Å². The van der Waals surface area contributed by atoms with Gasteiger partial charge in [-0.1, -0.05) is 13.8 Å². The number of aliphatic hydroxyl groups is 1. The standard InChI is InChI=1S/C19H26O3/c1-18-8-3-4-14(20)13(18)10-15(21)17-11-5-6-16(22)19(11,2)9-7-12(17)18/h10-12,16-17,22H,3-9H2,1-2H3/t11-,12-,16-,17-,18+,19-/m0/s1. The smallest absolute Gasteiger partial charge is 0.159 e. The van der Waals surface area contributed by atoms with Gasteiger partial charge in [-0.25, -0.2) is 0 Å². The summed E-state index contributed by atoms with van der Waals surface area (Å²) in [5, 5.41) is 10.4. The number of Topliss-reactive ketones (excluding diaryl/α,β-unsaturated/α-hetero) is 1. The Morgan fingerprint density at radius 3 is 2.64 bits per heavy atom. The van der Waals surface area contributed by atoms with Crippen molar-refractivity contribution in [2.75, 3.05) is 0 Å². The van der Waals surface area contributed by atoms with Gasteiger partial charge in [0.2, 0.25) is 0 Å². The molecule has 0 amide bonds. The Labute approximate surface area is 132 Å². The van der Waals surface area contributed by atoms with Gasteiger partial charge in [0, 0.05) is 17.9 Å². The summed E-state index contributed by atoms with van der Waals surface area (Å²) < 4.78 is 0. The SMILES string of the molecule is C[C@]12CC[C@H]3[C@@H](C(=O)C=C4C(=O)CCC[C@@]43C)[C@@H]1CC[C@@H]2O. The second kappa shape index (κ2) is 4.53. The number of hydrogen-bond donors (Lipinski definition) is 1. The van der Waals surface area contributed by atoms with Crippen molar-refractivity contribution in [1.82, 2.24) is 0 Å². The molecule has 3 nitrogen and oxygen atoms in total. The van der Waals surface area contributed by atoms with E-state index in [1.165, 1.54) is 0 Å². The third-order valence-electron chi connectivity index (χ3n) is 7.67. The summed E-state index contributed by atoms with van der Waals surface area (Å²) in [5.41, 5.74) is 0.604. The molecule has 0 aromatic rings. The number of hydrogen-bond acceptors (Lipinski definition) is 3. The molecule has 1 N–H and O–H groups in total. The van der Waals surface area contributed by atoms with E-state index in [0.29, 0.717) is 18.3 Å². The lowest BCUT2D eigenvalue weighted by Gasteiger charge is -2.55. The predicted molar refractivity (Wildman–Crippen MR) is 83.1 cm³/mol. The summed E-state index contributed by atoms with van der Waals surface area (Å²) in [4.78, 5) is 25.2. The number of aliphatic hydroxyl groups excluding tert-OH is 1. The zero-order valence-electron chi connectivity index (χ0n) is 13.6. The van der Waals surface area contributed by atoms with Gasteiger partial charge in [0.25, 0.3) is 0 Å². The quantitative estimate of drug-likeness (QED) is 0.748. The topological polar surface area (TPSA) is 54.4 Å². The Balaban J connectivity index is 1.79. The predicted octanol–water partition coefficient (Wildman–Crippen LogP) is 3.06. The maximum absolute atomic E-state index is 12.9. The van der Waals surface area contributed by atoms with Gasteiger partial charge in [-0.15, -0.1) is 0 Å². The van der Waals surface area contributed by atoms with Crippen LogP contribution >= 0.6 is 0 Å². The molecule has 120 valence electrons. The lowest BCUT2D eigenvalue weighted by molar-refractivity contribution is -0.138. The van der Waals surface area contributed by atoms with Crippen molar-refractivity contribution in [3.8, 4) is 0 Å². The second-order valence-corrected chi connectivity index (χ2v) is 8.53. The molecule has 0 aromatic carbocycles. The molecule has 4 aliphatic rings. The van der Waals surface area contributed by atoms with E-state index in [-0.39, 0.29) is 34.4 Å². The highest BCUT2D eigenvalue weighted by Crippen LogP contribution is 2.63. The van der Waals surface area contributed by atoms with Gasteiger partial charge in [0.05, 0.1) is 6.10 Å². The first kappa shape index (κ1) is 14.6. The zero-order chi connectivity index (χ0) is 15.7. The normalized spacial score (nSPS) is 51.0. The second-order valence-electron chi connectivity index (χ2n) is 8.53. The highest BCUT2D eigenvalue weighted by molar-refractivity contribution is 6.06. The van der Waals surface area contributed by atoms with E-state index >= 15 is 0 Å². The Bertz CT molecular complexity index is 577. The molecule has 3 fully saturated rings. The van der Waals surface area contributed by atoms with Crippen LogP contribution in [0.1, 0.15) is 58.8 Å². The summed E-state index contributed by atoms with van der Waals surface area (Å²) in [5.74, 6) is 0.974. The van der Waals surface area contributed by atoms with E-state index in [0.717, 1.165) is 44.1 Å². The number of ketones is 2. The average Bonchev–Trinajstić information content (AvgIpc) is 2.77. The zero-order valence-corrected chi connectivity index (χ0v) is 13.6. The molecular formula is C19H26O3. The van der Waals surface area contributed by atoms with Crippen LogP contribution in [0.3, 0.4) is 0 Å². The maximum Gasteiger partial charge on any atom is 0.159 e. The summed E-state index contributed by atoms with van der Waals surface area (Å²) in [6.45, 7) is 4.39. The summed E-state index contributed by atoms with van der Waals surface area (Å²) in [7, 11) is 0. The minimum Gasteiger partial charge on any atom is -0.393 e. The monoisotopic (exact) mass is 302 g/mol. The van der Waals surface area contributed by atoms with E-state index in [1.807, 2.05) is 0 Å². The fourth-order valence-electron chi connectivity index (χ4n) is 6.30. The number of allylic oxidation sites excluding steroid dienone is 2. The lowest BCUT2D eigenvalue weighted by Crippen LogP contribution is -2.54. The molecule has 3 heteroatoms. The van der Waals surface area contributed by atoms with E-state index in [9.17, 15) is 14.7 Å². The molecule has 6 atom stereocenters. The molecule has 0 spiro atoms. The molecule has 0 aliphatic heterocycles. The van der Waals surface area contributed by atoms with Crippen molar-refractivity contribution in [2.45, 2.75) is 64.9 Å². The minimum absolute atomic E-state index is 0.0237. The van der Waals surface area contributed by atoms with Crippen LogP contribution in [-0.2, 0) is 9.59 Å². The van der Waals surface area contributed by atoms with Crippen molar-refractivity contribution in [2.24, 2.45) is 28.6 Å². The van der Waals surface area contributed by atoms with Gasteiger partial charge in [0.15, 0.2) is 11.6 Å². The Hall–Kier alpha value is -0.960. The molecular weight excluding hydrogens is 276 g/mol. The van der Waals surface area contributed by atoms with Gasteiger partial charge in [-0.05, 0) is 67.3 Å². The number of carbonyl (C=O) groups excluding carboxylic acids is 2. The van der Waals surface area contributed by atoms with Crippen molar-refractivity contribution in [1.29, 1.82) is 0 Å². The fraction of sp³-hybridized carbons (Fsp3) is 0.789. The van der Waals surface area contributed by atoms with Crippen molar-refractivity contribution >= 4 is 11.6 Å². The molecule has 4 rings (SSSR count). The van der Waals surface area contributed by atoms with Crippen LogP contribution in [0, 0.1) is 28.6 Å². The lowest BCUT2D eigenvalue weighted by atomic mass is 9.47. The fourth-order valence-corrected chi connectivity index (χ4v) is 6.30. The third kappa shape index (κ3) is 1.66. The molecule has 3 saturated carbocycles. The van der Waals surface area contributed by atoms with Crippen LogP contribution in [0.15, 0.2) is 11.6 Å². The maximum atomic E-state index is 12.9. The van der Waals surface area contributed by atoms with Crippen LogP contribution in [0.4, 0.5) is 0 Å². The molecule has 0 aromatic heterocycles. The first-order chi connectivity index (χ1) is 10.4. The molecule has 0 saturated heterocycles. The van der Waals surface area contributed by atoms with E-state index in [2.05, 4.69) is 13.8 Å². The summed E-state index contributed by atoms with van der Waals surface area (Å²) >= 11 is 0. The molecule has 4 aliphatic carbocycles. The van der Waals surface area contributed by atoms with Gasteiger partial charge >= 0.3 is 0 Å². The summed E-state index contributed by atoms with van der Waals surface area (Å²) in [6.07, 6.45) is 7.76. The average molecular weight is 302 g/mol. The third-order valence-corrected chi connectivity index (χ3v) is 7.67. The molecule has 0 radical (unpaired) electrons. The van der Waals surface area contributed by atoms with Crippen molar-refractivity contribution < 1.29 is 14.7 Å². The van der Waals surface area contributed by atoms with Gasteiger partial charge in [-0.2, -0.15) is 0 Å². The molecule has 22 heavy (non-hydrogen) atoms. The number of rotatable bonds is 0. The molecule has 0 unspecified atom stereocenters. The molecule has 0 bridgehead atoms. The first-order valence-electron chi connectivity index (χ1n) is 8.85. The van der Waals surface area contributed by atoms with Crippen LogP contribution in [0.25, 0.3) is 0 Å². The highest BCUT2D eigenvalue weighted by Gasteiger charge is 2.61. The van der Waals surface area contributed by atoms with Gasteiger partial charge in [-0.3, -0.25) is 9.59 Å².